The minimum Gasteiger partial charge on any atom is -0.348 e. The molecule has 1 N–H and O–H groups in total. The fourth-order valence-electron chi connectivity index (χ4n) is 2.12. The lowest BCUT2D eigenvalue weighted by molar-refractivity contribution is -0.119. The quantitative estimate of drug-likeness (QED) is 0.558. The topological polar surface area (TPSA) is 64.0 Å². The third kappa shape index (κ3) is 3.49. The van der Waals surface area contributed by atoms with Gasteiger partial charge in [-0.2, -0.15) is 0 Å². The number of thiophene rings is 2. The molecular weight excluding hydrogens is 350 g/mol. The van der Waals surface area contributed by atoms with Gasteiger partial charge in [-0.3, -0.25) is 14.2 Å². The van der Waals surface area contributed by atoms with Crippen LogP contribution in [0.5, 0.6) is 0 Å². The molecule has 0 saturated heterocycles. The maximum absolute atomic E-state index is 12.2. The second-order valence-electron chi connectivity index (χ2n) is 4.99. The molecule has 0 saturated carbocycles. The summed E-state index contributed by atoms with van der Waals surface area (Å²) in [5.41, 5.74) is 0.618. The number of aromatic nitrogens is 2. The molecule has 1 amide bonds. The summed E-state index contributed by atoms with van der Waals surface area (Å²) in [5, 5.41) is 7.35. The first-order valence-corrected chi connectivity index (χ1v) is 9.70. The highest BCUT2D eigenvalue weighted by atomic mass is 32.2. The van der Waals surface area contributed by atoms with Crippen molar-refractivity contribution < 1.29 is 4.79 Å². The number of thioether (sulfide) groups is 1. The molecule has 3 rings (SSSR count). The Morgan fingerprint density at radius 3 is 2.96 bits per heavy atom. The van der Waals surface area contributed by atoms with Crippen molar-refractivity contribution in [1.29, 1.82) is 0 Å². The molecule has 0 bridgehead atoms. The molecule has 5 nitrogen and oxygen atoms in total. The largest absolute Gasteiger partial charge is 0.348 e. The number of nitrogens with zero attached hydrogens (tertiary/aromatic N) is 2. The minimum absolute atomic E-state index is 0.0146. The number of hydrogen-bond acceptors (Lipinski definition) is 6. The maximum atomic E-state index is 12.2. The highest BCUT2D eigenvalue weighted by Crippen LogP contribution is 2.21. The van der Waals surface area contributed by atoms with Crippen LogP contribution in [-0.4, -0.2) is 21.2 Å². The molecule has 0 aliphatic rings. The molecule has 3 heterocycles. The molecule has 0 radical (unpaired) electrons. The van der Waals surface area contributed by atoms with Gasteiger partial charge < -0.3 is 5.32 Å². The van der Waals surface area contributed by atoms with Gasteiger partial charge in [0, 0.05) is 11.9 Å². The summed E-state index contributed by atoms with van der Waals surface area (Å²) in [7, 11) is 1.68. The molecule has 23 heavy (non-hydrogen) atoms. The summed E-state index contributed by atoms with van der Waals surface area (Å²) in [6, 6.07) is 5.77. The predicted molar refractivity (Wildman–Crippen MR) is 96.5 cm³/mol. The van der Waals surface area contributed by atoms with Crippen molar-refractivity contribution >= 4 is 50.6 Å². The average Bonchev–Trinajstić information content (AvgIpc) is 3.20. The molecule has 1 atom stereocenters. The smallest absolute Gasteiger partial charge is 0.271 e. The first-order chi connectivity index (χ1) is 11.1. The highest BCUT2D eigenvalue weighted by molar-refractivity contribution is 7.99. The SMILES string of the molecule is C[C@@H](NC(=O)CSc1nc2ccsc2c(=O)n1C)c1cccs1. The summed E-state index contributed by atoms with van der Waals surface area (Å²) in [6.45, 7) is 1.96. The van der Waals surface area contributed by atoms with Gasteiger partial charge >= 0.3 is 0 Å². The Morgan fingerprint density at radius 1 is 1.39 bits per heavy atom. The zero-order chi connectivity index (χ0) is 16.4. The van der Waals surface area contributed by atoms with Crippen molar-refractivity contribution in [2.45, 2.75) is 18.1 Å². The fraction of sp³-hybridized carbons (Fsp3) is 0.267. The molecule has 0 fully saturated rings. The van der Waals surface area contributed by atoms with Gasteiger partial charge in [0.1, 0.15) is 4.70 Å². The molecular formula is C15H15N3O2S3. The Labute approximate surface area is 145 Å². The summed E-state index contributed by atoms with van der Waals surface area (Å²) >= 11 is 4.28. The van der Waals surface area contributed by atoms with Crippen LogP contribution in [0.3, 0.4) is 0 Å². The van der Waals surface area contributed by atoms with Crippen LogP contribution >= 0.6 is 34.4 Å². The normalized spacial score (nSPS) is 12.4. The van der Waals surface area contributed by atoms with E-state index in [-0.39, 0.29) is 23.3 Å². The van der Waals surface area contributed by atoms with E-state index in [1.54, 1.807) is 18.4 Å². The maximum Gasteiger partial charge on any atom is 0.271 e. The zero-order valence-corrected chi connectivity index (χ0v) is 15.1. The summed E-state index contributed by atoms with van der Waals surface area (Å²) in [6.07, 6.45) is 0. The van der Waals surface area contributed by atoms with Crippen LogP contribution in [0.25, 0.3) is 10.2 Å². The Morgan fingerprint density at radius 2 is 2.22 bits per heavy atom. The van der Waals surface area contributed by atoms with Crippen molar-refractivity contribution in [3.8, 4) is 0 Å². The lowest BCUT2D eigenvalue weighted by atomic mass is 10.3. The van der Waals surface area contributed by atoms with E-state index in [4.69, 9.17) is 0 Å². The zero-order valence-electron chi connectivity index (χ0n) is 12.6. The van der Waals surface area contributed by atoms with E-state index in [0.29, 0.717) is 15.4 Å². The summed E-state index contributed by atoms with van der Waals surface area (Å²) < 4.78 is 2.15. The van der Waals surface area contributed by atoms with Crippen molar-refractivity contribution in [1.82, 2.24) is 14.9 Å². The van der Waals surface area contributed by atoms with Crippen molar-refractivity contribution in [3.63, 3.8) is 0 Å². The van der Waals surface area contributed by atoms with Gasteiger partial charge in [-0.05, 0) is 29.8 Å². The number of carbonyl (C=O) groups excluding carboxylic acids is 1. The second-order valence-corrected chi connectivity index (χ2v) is 7.82. The van der Waals surface area contributed by atoms with Crippen LogP contribution in [0.4, 0.5) is 0 Å². The number of amides is 1. The van der Waals surface area contributed by atoms with Crippen LogP contribution < -0.4 is 10.9 Å². The first-order valence-electron chi connectivity index (χ1n) is 6.96. The second kappa shape index (κ2) is 6.86. The van der Waals surface area contributed by atoms with Crippen molar-refractivity contribution in [2.24, 2.45) is 7.05 Å². The first kappa shape index (κ1) is 16.2. The lowest BCUT2D eigenvalue weighted by Crippen LogP contribution is -2.28. The van der Waals surface area contributed by atoms with Crippen molar-refractivity contribution in [3.05, 3.63) is 44.2 Å². The molecule has 3 aromatic heterocycles. The van der Waals surface area contributed by atoms with E-state index >= 15 is 0 Å². The fourth-order valence-corrected chi connectivity index (χ4v) is 4.44. The third-order valence-electron chi connectivity index (χ3n) is 3.33. The van der Waals surface area contributed by atoms with E-state index in [2.05, 4.69) is 10.3 Å². The monoisotopic (exact) mass is 365 g/mol. The van der Waals surface area contributed by atoms with E-state index in [9.17, 15) is 9.59 Å². The van der Waals surface area contributed by atoms with Crippen LogP contribution in [-0.2, 0) is 11.8 Å². The minimum atomic E-state index is -0.0736. The van der Waals surface area contributed by atoms with Gasteiger partial charge in [0.2, 0.25) is 5.91 Å². The van der Waals surface area contributed by atoms with E-state index < -0.39 is 0 Å². The average molecular weight is 366 g/mol. The molecule has 3 aromatic rings. The molecule has 0 aliphatic heterocycles. The summed E-state index contributed by atoms with van der Waals surface area (Å²) in [4.78, 5) is 29.9. The van der Waals surface area contributed by atoms with Crippen LogP contribution in [0, 0.1) is 0 Å². The Kier molecular flexibility index (Phi) is 4.84. The molecule has 0 unspecified atom stereocenters. The van der Waals surface area contributed by atoms with Crippen LogP contribution in [0.2, 0.25) is 0 Å². The molecule has 120 valence electrons. The predicted octanol–water partition coefficient (Wildman–Crippen LogP) is 3.03. The number of carbonyl (C=O) groups is 1. The summed E-state index contributed by atoms with van der Waals surface area (Å²) in [5.74, 6) is 0.154. The van der Waals surface area contributed by atoms with Gasteiger partial charge in [0.25, 0.3) is 5.56 Å². The molecule has 0 spiro atoms. The number of rotatable bonds is 5. The highest BCUT2D eigenvalue weighted by Gasteiger charge is 2.14. The number of fused-ring (bicyclic) bond motifs is 1. The molecule has 8 heteroatoms. The van der Waals surface area contributed by atoms with Gasteiger partial charge in [-0.1, -0.05) is 17.8 Å². The molecule has 0 aliphatic carbocycles. The molecule has 0 aromatic carbocycles. The van der Waals surface area contributed by atoms with Gasteiger partial charge in [-0.15, -0.1) is 22.7 Å². The lowest BCUT2D eigenvalue weighted by Gasteiger charge is -2.12. The van der Waals surface area contributed by atoms with Crippen LogP contribution in [0.1, 0.15) is 17.8 Å². The van der Waals surface area contributed by atoms with Gasteiger partial charge in [0.15, 0.2) is 5.16 Å². The van der Waals surface area contributed by atoms with E-state index in [1.165, 1.54) is 27.7 Å². The van der Waals surface area contributed by atoms with E-state index in [0.717, 1.165) is 4.88 Å². The number of nitrogens with one attached hydrogen (secondary N) is 1. The third-order valence-corrected chi connectivity index (χ3v) is 6.30. The van der Waals surface area contributed by atoms with Crippen molar-refractivity contribution in [2.75, 3.05) is 5.75 Å². The van der Waals surface area contributed by atoms with Gasteiger partial charge in [-0.25, -0.2) is 4.98 Å². The van der Waals surface area contributed by atoms with Gasteiger partial charge in [0.05, 0.1) is 17.3 Å². The Balaban J connectivity index is 1.67. The number of hydrogen-bond donors (Lipinski definition) is 1. The Bertz CT molecular complexity index is 883. The standard InChI is InChI=1S/C15H15N3O2S3/c1-9(11-4-3-6-21-11)16-12(19)8-23-15-17-10-5-7-22-13(10)14(20)18(15)2/h3-7,9H,8H2,1-2H3,(H,16,19)/t9-/m1/s1. The van der Waals surface area contributed by atoms with E-state index in [1.807, 2.05) is 35.9 Å². The Hall–Kier alpha value is -1.64. The van der Waals surface area contributed by atoms with Crippen LogP contribution in [0.15, 0.2) is 38.9 Å².